The van der Waals surface area contributed by atoms with Gasteiger partial charge in [-0.1, -0.05) is 31.2 Å². The predicted octanol–water partition coefficient (Wildman–Crippen LogP) is 1.51. The molecule has 1 unspecified atom stereocenters. The van der Waals surface area contributed by atoms with Gasteiger partial charge in [0.25, 0.3) is 0 Å². The summed E-state index contributed by atoms with van der Waals surface area (Å²) in [4.78, 5) is 0. The van der Waals surface area contributed by atoms with Crippen molar-refractivity contribution in [2.24, 2.45) is 0 Å². The molecular weight excluding hydrogens is 218 g/mol. The first kappa shape index (κ1) is 11.8. The molecule has 2 nitrogen and oxygen atoms in total. The molecule has 0 saturated heterocycles. The number of benzene rings is 1. The predicted molar refractivity (Wildman–Crippen MR) is 69.2 cm³/mol. The van der Waals surface area contributed by atoms with E-state index in [-0.39, 0.29) is 0 Å². The zero-order chi connectivity index (χ0) is 11.4. The van der Waals surface area contributed by atoms with Crippen LogP contribution in [0, 0.1) is 0 Å². The summed E-state index contributed by atoms with van der Waals surface area (Å²) < 4.78 is 11.3. The van der Waals surface area contributed by atoms with E-state index in [1.54, 1.807) is 0 Å². The molecule has 0 fully saturated rings. The first-order valence-electron chi connectivity index (χ1n) is 5.94. The molecule has 0 heterocycles. The van der Waals surface area contributed by atoms with Gasteiger partial charge in [0.15, 0.2) is 0 Å². The zero-order valence-electron chi connectivity index (χ0n) is 9.74. The Labute approximate surface area is 99.9 Å². The molecule has 1 aromatic rings. The van der Waals surface area contributed by atoms with Crippen molar-refractivity contribution in [3.63, 3.8) is 0 Å². The fourth-order valence-electron chi connectivity index (χ4n) is 2.22. The molecule has 0 spiro atoms. The smallest absolute Gasteiger partial charge is 0.0360 e. The highest BCUT2D eigenvalue weighted by Gasteiger charge is 2.19. The maximum Gasteiger partial charge on any atom is 0.0360 e. The lowest BCUT2D eigenvalue weighted by molar-refractivity contribution is 0.552. The van der Waals surface area contributed by atoms with Crippen LogP contribution in [0.15, 0.2) is 24.3 Å². The molecule has 16 heavy (non-hydrogen) atoms. The first-order valence-corrected chi connectivity index (χ1v) is 7.43. The molecule has 3 heteroatoms. The minimum absolute atomic E-state index is 0.547. The van der Waals surface area contributed by atoms with E-state index in [1.807, 2.05) is 6.92 Å². The zero-order valence-corrected chi connectivity index (χ0v) is 10.6. The number of fused-ring (bicyclic) bond motifs is 1. The van der Waals surface area contributed by atoms with E-state index in [2.05, 4.69) is 29.6 Å². The van der Waals surface area contributed by atoms with E-state index in [0.717, 1.165) is 30.9 Å². The molecule has 0 amide bonds. The van der Waals surface area contributed by atoms with Gasteiger partial charge in [-0.25, -0.2) is 0 Å². The van der Waals surface area contributed by atoms with Crippen molar-refractivity contribution in [1.29, 1.82) is 0 Å². The van der Waals surface area contributed by atoms with Crippen molar-refractivity contribution in [1.82, 2.24) is 5.32 Å². The highest BCUT2D eigenvalue weighted by molar-refractivity contribution is 7.84. The van der Waals surface area contributed by atoms with Crippen LogP contribution in [0.25, 0.3) is 0 Å². The van der Waals surface area contributed by atoms with Crippen LogP contribution in [-0.2, 0) is 23.6 Å². The second-order valence-electron chi connectivity index (χ2n) is 4.26. The van der Waals surface area contributed by atoms with E-state index in [0.29, 0.717) is 6.04 Å². The highest BCUT2D eigenvalue weighted by Crippen LogP contribution is 2.21. The Kier molecular flexibility index (Phi) is 4.13. The van der Waals surface area contributed by atoms with Crippen LogP contribution in [0.4, 0.5) is 0 Å². The fourth-order valence-corrected chi connectivity index (χ4v) is 2.86. The molecule has 0 aromatic heterocycles. The molecule has 1 aliphatic rings. The lowest BCUT2D eigenvalue weighted by Crippen LogP contribution is -2.32. The number of rotatable bonds is 5. The standard InChI is InChI=1S/C13H19NOS/c1-2-16(15)8-7-14-13-9-11-5-3-4-6-12(11)10-13/h3-6,13-14H,2,7-10H2,1H3. The summed E-state index contributed by atoms with van der Waals surface area (Å²) in [5.74, 6) is 1.55. The second-order valence-corrected chi connectivity index (χ2v) is 6.13. The summed E-state index contributed by atoms with van der Waals surface area (Å²) in [5, 5.41) is 3.50. The molecule has 1 aliphatic carbocycles. The molecule has 0 aliphatic heterocycles. The molecule has 0 bridgehead atoms. The summed E-state index contributed by atoms with van der Waals surface area (Å²) in [5.41, 5.74) is 2.94. The Morgan fingerprint density at radius 2 is 1.94 bits per heavy atom. The van der Waals surface area contributed by atoms with Gasteiger partial charge in [0, 0.05) is 34.9 Å². The van der Waals surface area contributed by atoms with Crippen molar-refractivity contribution in [3.05, 3.63) is 35.4 Å². The third-order valence-electron chi connectivity index (χ3n) is 3.14. The van der Waals surface area contributed by atoms with Crippen molar-refractivity contribution in [2.75, 3.05) is 18.1 Å². The van der Waals surface area contributed by atoms with Gasteiger partial charge in [0.1, 0.15) is 0 Å². The number of hydrogen-bond donors (Lipinski definition) is 1. The number of hydrogen-bond acceptors (Lipinski definition) is 2. The van der Waals surface area contributed by atoms with Gasteiger partial charge in [0.2, 0.25) is 0 Å². The summed E-state index contributed by atoms with van der Waals surface area (Å²) >= 11 is 0. The average molecular weight is 237 g/mol. The average Bonchev–Trinajstić information content (AvgIpc) is 2.71. The van der Waals surface area contributed by atoms with Crippen LogP contribution in [0.3, 0.4) is 0 Å². The van der Waals surface area contributed by atoms with Gasteiger partial charge < -0.3 is 5.32 Å². The van der Waals surface area contributed by atoms with Gasteiger partial charge >= 0.3 is 0 Å². The molecule has 1 aromatic carbocycles. The van der Waals surface area contributed by atoms with Crippen molar-refractivity contribution >= 4 is 10.8 Å². The first-order chi connectivity index (χ1) is 7.79. The maximum absolute atomic E-state index is 11.3. The van der Waals surface area contributed by atoms with Gasteiger partial charge in [-0.3, -0.25) is 4.21 Å². The Morgan fingerprint density at radius 3 is 2.50 bits per heavy atom. The van der Waals surface area contributed by atoms with E-state index in [9.17, 15) is 4.21 Å². The number of nitrogens with one attached hydrogen (secondary N) is 1. The minimum atomic E-state index is -0.640. The van der Waals surface area contributed by atoms with Crippen LogP contribution >= 0.6 is 0 Å². The molecular formula is C13H19NOS. The van der Waals surface area contributed by atoms with Crippen molar-refractivity contribution < 1.29 is 4.21 Å². The summed E-state index contributed by atoms with van der Waals surface area (Å²) in [6, 6.07) is 9.18. The topological polar surface area (TPSA) is 29.1 Å². The highest BCUT2D eigenvalue weighted by atomic mass is 32.2. The third kappa shape index (κ3) is 2.92. The quantitative estimate of drug-likeness (QED) is 0.841. The normalized spacial score (nSPS) is 17.3. The van der Waals surface area contributed by atoms with E-state index >= 15 is 0 Å². The monoisotopic (exact) mass is 237 g/mol. The van der Waals surface area contributed by atoms with Crippen molar-refractivity contribution in [2.45, 2.75) is 25.8 Å². The molecule has 2 rings (SSSR count). The third-order valence-corrected chi connectivity index (χ3v) is 4.44. The van der Waals surface area contributed by atoms with Crippen LogP contribution in [0.2, 0.25) is 0 Å². The molecule has 1 N–H and O–H groups in total. The van der Waals surface area contributed by atoms with Crippen molar-refractivity contribution in [3.8, 4) is 0 Å². The van der Waals surface area contributed by atoms with Crippen LogP contribution in [-0.4, -0.2) is 28.3 Å². The SMILES string of the molecule is CCS(=O)CCNC1Cc2ccccc2C1. The van der Waals surface area contributed by atoms with E-state index in [4.69, 9.17) is 0 Å². The molecule has 1 atom stereocenters. The van der Waals surface area contributed by atoms with Crippen LogP contribution in [0.1, 0.15) is 18.1 Å². The fraction of sp³-hybridized carbons (Fsp3) is 0.538. The largest absolute Gasteiger partial charge is 0.312 e. The van der Waals surface area contributed by atoms with Crippen LogP contribution in [0.5, 0.6) is 0 Å². The Bertz CT molecular complexity index is 353. The van der Waals surface area contributed by atoms with Gasteiger partial charge in [-0.2, -0.15) is 0 Å². The Balaban J connectivity index is 1.77. The van der Waals surface area contributed by atoms with Gasteiger partial charge in [-0.15, -0.1) is 0 Å². The minimum Gasteiger partial charge on any atom is -0.312 e. The van der Waals surface area contributed by atoms with Gasteiger partial charge in [-0.05, 0) is 24.0 Å². The molecule has 0 saturated carbocycles. The summed E-state index contributed by atoms with van der Waals surface area (Å²) in [7, 11) is -0.640. The second kappa shape index (κ2) is 5.60. The summed E-state index contributed by atoms with van der Waals surface area (Å²) in [6.45, 7) is 2.85. The van der Waals surface area contributed by atoms with E-state index in [1.165, 1.54) is 11.1 Å². The summed E-state index contributed by atoms with van der Waals surface area (Å²) in [6.07, 6.45) is 2.24. The lowest BCUT2D eigenvalue weighted by Gasteiger charge is -2.10. The van der Waals surface area contributed by atoms with E-state index < -0.39 is 10.8 Å². The molecule has 88 valence electrons. The van der Waals surface area contributed by atoms with Crippen LogP contribution < -0.4 is 5.32 Å². The molecule has 0 radical (unpaired) electrons. The Morgan fingerprint density at radius 1 is 1.31 bits per heavy atom. The maximum atomic E-state index is 11.3. The lowest BCUT2D eigenvalue weighted by atomic mass is 10.1. The van der Waals surface area contributed by atoms with Gasteiger partial charge in [0.05, 0.1) is 0 Å². The Hall–Kier alpha value is -0.670.